The maximum absolute atomic E-state index is 12.9. The van der Waals surface area contributed by atoms with E-state index in [4.69, 9.17) is 9.47 Å². The van der Waals surface area contributed by atoms with Crippen molar-refractivity contribution >= 4 is 5.91 Å². The van der Waals surface area contributed by atoms with E-state index in [2.05, 4.69) is 19.2 Å². The molecule has 7 unspecified atom stereocenters. The number of hydrogen-bond donors (Lipinski definition) is 6. The van der Waals surface area contributed by atoms with Crippen molar-refractivity contribution in [3.8, 4) is 0 Å². The summed E-state index contributed by atoms with van der Waals surface area (Å²) in [7, 11) is 0. The highest BCUT2D eigenvalue weighted by Crippen LogP contribution is 2.23. The third-order valence-corrected chi connectivity index (χ3v) is 13.6. The lowest BCUT2D eigenvalue weighted by Crippen LogP contribution is -2.60. The molecule has 1 amide bonds. The van der Waals surface area contributed by atoms with E-state index in [9.17, 15) is 30.3 Å². The number of carbonyl (C=O) groups excluding carboxylic acids is 1. The van der Waals surface area contributed by atoms with Crippen LogP contribution in [0.1, 0.15) is 277 Å². The van der Waals surface area contributed by atoms with Gasteiger partial charge in [0, 0.05) is 6.42 Å². The van der Waals surface area contributed by atoms with E-state index in [0.717, 1.165) is 38.5 Å². The maximum Gasteiger partial charge on any atom is 0.220 e. The van der Waals surface area contributed by atoms with Crippen LogP contribution in [0.15, 0.2) is 12.2 Å². The molecule has 0 spiro atoms. The average molecular weight is 910 g/mol. The van der Waals surface area contributed by atoms with Crippen molar-refractivity contribution in [2.24, 2.45) is 0 Å². The Hall–Kier alpha value is -1.07. The van der Waals surface area contributed by atoms with Crippen molar-refractivity contribution in [3.63, 3.8) is 0 Å². The summed E-state index contributed by atoms with van der Waals surface area (Å²) in [4.78, 5) is 12.9. The summed E-state index contributed by atoms with van der Waals surface area (Å²) in [6.45, 7) is 3.77. The van der Waals surface area contributed by atoms with Crippen LogP contribution < -0.4 is 5.32 Å². The van der Waals surface area contributed by atoms with E-state index < -0.39 is 49.5 Å². The molecule has 9 nitrogen and oxygen atoms in total. The molecule has 1 rings (SSSR count). The minimum atomic E-state index is -1.56. The molecule has 380 valence electrons. The van der Waals surface area contributed by atoms with Gasteiger partial charge in [-0.2, -0.15) is 0 Å². The molecule has 9 heteroatoms. The number of aliphatic hydroxyl groups is 5. The first-order valence-corrected chi connectivity index (χ1v) is 27.9. The average Bonchev–Trinajstić information content (AvgIpc) is 3.29. The van der Waals surface area contributed by atoms with Gasteiger partial charge in [0.25, 0.3) is 0 Å². The van der Waals surface area contributed by atoms with Crippen molar-refractivity contribution in [3.05, 3.63) is 12.2 Å². The van der Waals surface area contributed by atoms with Crippen molar-refractivity contribution in [2.45, 2.75) is 320 Å². The number of amides is 1. The minimum Gasteiger partial charge on any atom is -0.394 e. The first kappa shape index (κ1) is 60.9. The summed E-state index contributed by atoms with van der Waals surface area (Å²) in [5.41, 5.74) is 0. The topological polar surface area (TPSA) is 149 Å². The molecule has 0 aromatic carbocycles. The second kappa shape index (κ2) is 45.7. The maximum atomic E-state index is 12.9. The van der Waals surface area contributed by atoms with Gasteiger partial charge in [-0.1, -0.05) is 264 Å². The Kier molecular flexibility index (Phi) is 43.5. The van der Waals surface area contributed by atoms with Gasteiger partial charge in [-0.3, -0.25) is 4.79 Å². The van der Waals surface area contributed by atoms with Gasteiger partial charge < -0.3 is 40.3 Å². The molecule has 0 aliphatic carbocycles. The highest BCUT2D eigenvalue weighted by molar-refractivity contribution is 5.76. The van der Waals surface area contributed by atoms with E-state index in [0.29, 0.717) is 6.42 Å². The Labute approximate surface area is 395 Å². The van der Waals surface area contributed by atoms with Gasteiger partial charge in [0.2, 0.25) is 5.91 Å². The monoisotopic (exact) mass is 910 g/mol. The molecular weight excluding hydrogens is 803 g/mol. The van der Waals surface area contributed by atoms with Gasteiger partial charge in [-0.25, -0.2) is 0 Å². The molecule has 7 atom stereocenters. The summed E-state index contributed by atoms with van der Waals surface area (Å²) < 4.78 is 11.2. The molecule has 1 aliphatic rings. The molecule has 1 saturated heterocycles. The number of ether oxygens (including phenoxy) is 2. The molecule has 0 aromatic rings. The molecule has 0 radical (unpaired) electrons. The number of carbonyl (C=O) groups is 1. The van der Waals surface area contributed by atoms with E-state index >= 15 is 0 Å². The second-order valence-corrected chi connectivity index (χ2v) is 19.7. The number of aliphatic hydroxyl groups excluding tert-OH is 5. The zero-order valence-electron chi connectivity index (χ0n) is 42.1. The minimum absolute atomic E-state index is 0.177. The van der Waals surface area contributed by atoms with E-state index in [1.807, 2.05) is 6.08 Å². The van der Waals surface area contributed by atoms with Gasteiger partial charge in [0.1, 0.15) is 24.4 Å². The smallest absolute Gasteiger partial charge is 0.220 e. The third-order valence-electron chi connectivity index (χ3n) is 13.6. The number of nitrogens with one attached hydrogen (secondary N) is 1. The van der Waals surface area contributed by atoms with E-state index in [1.54, 1.807) is 6.08 Å². The molecule has 6 N–H and O–H groups in total. The van der Waals surface area contributed by atoms with Crippen LogP contribution in [-0.4, -0.2) is 87.5 Å². The van der Waals surface area contributed by atoms with Crippen LogP contribution in [0.3, 0.4) is 0 Å². The Balaban J connectivity index is 2.09. The number of unbranched alkanes of at least 4 members (excludes halogenated alkanes) is 38. The normalized spacial score (nSPS) is 20.0. The zero-order chi connectivity index (χ0) is 46.6. The summed E-state index contributed by atoms with van der Waals surface area (Å²) in [6, 6.07) is -0.798. The number of rotatable bonds is 48. The lowest BCUT2D eigenvalue weighted by molar-refractivity contribution is -0.302. The Morgan fingerprint density at radius 1 is 0.516 bits per heavy atom. The largest absolute Gasteiger partial charge is 0.394 e. The lowest BCUT2D eigenvalue weighted by Gasteiger charge is -2.40. The van der Waals surface area contributed by atoms with Gasteiger partial charge in [-0.05, 0) is 19.3 Å². The highest BCUT2D eigenvalue weighted by Gasteiger charge is 2.44. The van der Waals surface area contributed by atoms with Crippen molar-refractivity contribution in [1.29, 1.82) is 0 Å². The number of allylic oxidation sites excluding steroid dienone is 1. The van der Waals surface area contributed by atoms with Crippen molar-refractivity contribution in [2.75, 3.05) is 13.2 Å². The molecule has 0 aromatic heterocycles. The number of hydrogen-bond acceptors (Lipinski definition) is 8. The van der Waals surface area contributed by atoms with Crippen LogP contribution in [0.5, 0.6) is 0 Å². The highest BCUT2D eigenvalue weighted by atomic mass is 16.7. The first-order chi connectivity index (χ1) is 31.3. The first-order valence-electron chi connectivity index (χ1n) is 27.9. The Bertz CT molecular complexity index is 1010. The standard InChI is InChI=1S/C55H107NO8/c1-3-5-7-9-11-13-14-15-16-17-18-19-20-21-22-23-24-25-26-27-28-29-30-31-32-33-34-35-37-38-40-42-44-49(58)48(47-63-55-54(62)53(61)52(60)50(46-57)64-55)56-51(59)45-43-41-39-36-12-10-8-6-4-2/h42,44,48-50,52-55,57-58,60-62H,3-41,43,45-47H2,1-2H3,(H,56,59)/b44-42+. The fraction of sp³-hybridized carbons (Fsp3) is 0.945. The summed E-state index contributed by atoms with van der Waals surface area (Å²) in [5, 5.41) is 54.2. The Morgan fingerprint density at radius 3 is 1.22 bits per heavy atom. The predicted octanol–water partition coefficient (Wildman–Crippen LogP) is 13.2. The van der Waals surface area contributed by atoms with E-state index in [1.165, 1.54) is 218 Å². The van der Waals surface area contributed by atoms with Crippen molar-refractivity contribution in [1.82, 2.24) is 5.32 Å². The molecule has 0 saturated carbocycles. The summed E-state index contributed by atoms with van der Waals surface area (Å²) in [6.07, 6.45) is 48.8. The molecule has 1 heterocycles. The SMILES string of the molecule is CCCCCCCCCCCCCCCCCCCCCCCCCCCCCCCC/C=C/C(O)C(COC1OC(CO)C(O)C(O)C1O)NC(=O)CCCCCCCCCCC. The van der Waals surface area contributed by atoms with Gasteiger partial charge in [0.05, 0.1) is 25.4 Å². The summed E-state index contributed by atoms with van der Waals surface area (Å²) >= 11 is 0. The molecule has 1 fully saturated rings. The third kappa shape index (κ3) is 35.1. The van der Waals surface area contributed by atoms with Crippen LogP contribution in [0.2, 0.25) is 0 Å². The lowest BCUT2D eigenvalue weighted by atomic mass is 9.99. The van der Waals surface area contributed by atoms with Crippen LogP contribution in [0, 0.1) is 0 Å². The molecule has 0 bridgehead atoms. The molecule has 64 heavy (non-hydrogen) atoms. The quantitative estimate of drug-likeness (QED) is 0.0261. The second-order valence-electron chi connectivity index (χ2n) is 19.7. The van der Waals surface area contributed by atoms with Crippen LogP contribution in [-0.2, 0) is 14.3 Å². The van der Waals surface area contributed by atoms with Gasteiger partial charge >= 0.3 is 0 Å². The van der Waals surface area contributed by atoms with Gasteiger partial charge in [-0.15, -0.1) is 0 Å². The van der Waals surface area contributed by atoms with E-state index in [-0.39, 0.29) is 12.5 Å². The summed E-state index contributed by atoms with van der Waals surface area (Å²) in [5.74, 6) is -0.177. The van der Waals surface area contributed by atoms with Gasteiger partial charge in [0.15, 0.2) is 6.29 Å². The van der Waals surface area contributed by atoms with Crippen molar-refractivity contribution < 1.29 is 39.8 Å². The molecular formula is C55H107NO8. The van der Waals surface area contributed by atoms with Crippen LogP contribution in [0.4, 0.5) is 0 Å². The van der Waals surface area contributed by atoms with Crippen LogP contribution >= 0.6 is 0 Å². The molecule has 1 aliphatic heterocycles. The Morgan fingerprint density at radius 2 is 0.859 bits per heavy atom. The van der Waals surface area contributed by atoms with Crippen LogP contribution in [0.25, 0.3) is 0 Å². The zero-order valence-corrected chi connectivity index (χ0v) is 42.1. The predicted molar refractivity (Wildman–Crippen MR) is 267 cm³/mol. The fourth-order valence-corrected chi connectivity index (χ4v) is 9.16. The fourth-order valence-electron chi connectivity index (χ4n) is 9.16.